The van der Waals surface area contributed by atoms with Crippen molar-refractivity contribution >= 4 is 53.9 Å². The second kappa shape index (κ2) is 12.6. The van der Waals surface area contributed by atoms with Crippen molar-refractivity contribution in [2.45, 2.75) is 6.42 Å². The standard InChI is InChI=1S/C57H36/c1-3-9-50-36(7-1)25-28-55-54(50)27-26-37-13-14-46(34-56(37)55)44-21-19-40-29-38(15-17-42(40)31-44)39-16-18-43-32-45(22-20-41(43)30-39)47-23-24-49-33-48-8-2-4-10-51(48)52-11-5-6-12-53(52)57(49)35-47/h1-32,34-35H,33H2. The van der Waals surface area contributed by atoms with Crippen molar-refractivity contribution in [3.8, 4) is 55.6 Å². The fourth-order valence-electron chi connectivity index (χ4n) is 9.46. The van der Waals surface area contributed by atoms with Crippen LogP contribution >= 0.6 is 0 Å². The summed E-state index contributed by atoms with van der Waals surface area (Å²) in [7, 11) is 0. The first kappa shape index (κ1) is 32.0. The SMILES string of the molecule is c1ccc2c(c1)Cc1ccc(-c3ccc4cc(-c5ccc6cc(-c7ccc8ccc9c%10ccccc%10ccc9c8c7)ccc6c5)ccc4c3)cc1-c1ccccc1-2. The van der Waals surface area contributed by atoms with Crippen molar-refractivity contribution in [1.29, 1.82) is 0 Å². The van der Waals surface area contributed by atoms with Crippen LogP contribution in [0.1, 0.15) is 11.1 Å². The summed E-state index contributed by atoms with van der Waals surface area (Å²) in [5.74, 6) is 0. The summed E-state index contributed by atoms with van der Waals surface area (Å²) in [6.45, 7) is 0. The Labute approximate surface area is 331 Å². The molecule has 0 heterocycles. The normalized spacial score (nSPS) is 12.1. The largest absolute Gasteiger partial charge is 0.0619 e. The van der Waals surface area contributed by atoms with Crippen LogP contribution in [0.4, 0.5) is 0 Å². The molecule has 1 aliphatic carbocycles. The van der Waals surface area contributed by atoms with Crippen LogP contribution in [0.15, 0.2) is 206 Å². The first-order chi connectivity index (χ1) is 28.2. The lowest BCUT2D eigenvalue weighted by Crippen LogP contribution is -1.91. The zero-order valence-electron chi connectivity index (χ0n) is 31.3. The van der Waals surface area contributed by atoms with Crippen molar-refractivity contribution in [3.05, 3.63) is 217 Å². The molecule has 0 radical (unpaired) electrons. The molecule has 0 fully saturated rings. The lowest BCUT2D eigenvalue weighted by atomic mass is 9.91. The highest BCUT2D eigenvalue weighted by molar-refractivity contribution is 6.17. The van der Waals surface area contributed by atoms with Crippen molar-refractivity contribution in [2.75, 3.05) is 0 Å². The Kier molecular flexibility index (Phi) is 7.09. The molecular formula is C57H36. The molecule has 0 spiro atoms. The van der Waals surface area contributed by atoms with E-state index in [1.54, 1.807) is 0 Å². The Morgan fingerprint density at radius 2 is 0.614 bits per heavy atom. The van der Waals surface area contributed by atoms with Gasteiger partial charge in [-0.15, -0.1) is 0 Å². The molecule has 0 aromatic heterocycles. The van der Waals surface area contributed by atoms with E-state index in [-0.39, 0.29) is 0 Å². The second-order valence-corrected chi connectivity index (χ2v) is 15.7. The summed E-state index contributed by atoms with van der Waals surface area (Å²) >= 11 is 0. The molecule has 1 aliphatic rings. The van der Waals surface area contributed by atoms with E-state index >= 15 is 0 Å². The van der Waals surface area contributed by atoms with Gasteiger partial charge in [0.05, 0.1) is 0 Å². The number of benzene rings is 11. The van der Waals surface area contributed by atoms with Crippen molar-refractivity contribution in [1.82, 2.24) is 0 Å². The Morgan fingerprint density at radius 3 is 1.25 bits per heavy atom. The van der Waals surface area contributed by atoms with E-state index in [1.807, 2.05) is 0 Å². The van der Waals surface area contributed by atoms with Crippen LogP contribution in [0.3, 0.4) is 0 Å². The minimum Gasteiger partial charge on any atom is -0.0619 e. The number of rotatable bonds is 3. The highest BCUT2D eigenvalue weighted by Gasteiger charge is 2.19. The molecule has 11 aromatic rings. The zero-order valence-corrected chi connectivity index (χ0v) is 31.3. The monoisotopic (exact) mass is 720 g/mol. The Balaban J connectivity index is 0.856. The predicted molar refractivity (Wildman–Crippen MR) is 244 cm³/mol. The summed E-state index contributed by atoms with van der Waals surface area (Å²) in [5.41, 5.74) is 15.5. The minimum absolute atomic E-state index is 0.941. The summed E-state index contributed by atoms with van der Waals surface area (Å²) in [4.78, 5) is 0. The third kappa shape index (κ3) is 5.29. The van der Waals surface area contributed by atoms with Gasteiger partial charge >= 0.3 is 0 Å². The summed E-state index contributed by atoms with van der Waals surface area (Å²) < 4.78 is 0. The van der Waals surface area contributed by atoms with Crippen molar-refractivity contribution < 1.29 is 0 Å². The molecule has 0 saturated carbocycles. The van der Waals surface area contributed by atoms with Gasteiger partial charge in [-0.2, -0.15) is 0 Å². The number of hydrogen-bond donors (Lipinski definition) is 0. The average Bonchev–Trinajstić information content (AvgIpc) is 3.42. The molecule has 0 aliphatic heterocycles. The van der Waals surface area contributed by atoms with Gasteiger partial charge in [-0.05, 0) is 163 Å². The molecule has 0 bridgehead atoms. The lowest BCUT2D eigenvalue weighted by Gasteiger charge is -2.13. The Morgan fingerprint density at radius 1 is 0.211 bits per heavy atom. The van der Waals surface area contributed by atoms with E-state index in [0.717, 1.165) is 6.42 Å². The van der Waals surface area contributed by atoms with Crippen LogP contribution in [0.25, 0.3) is 109 Å². The molecule has 0 nitrogen and oxygen atoms in total. The molecular weight excluding hydrogens is 685 g/mol. The van der Waals surface area contributed by atoms with Gasteiger partial charge in [-0.3, -0.25) is 0 Å². The highest BCUT2D eigenvalue weighted by Crippen LogP contribution is 2.42. The first-order valence-corrected chi connectivity index (χ1v) is 19.9. The fourth-order valence-corrected chi connectivity index (χ4v) is 9.46. The Bertz CT molecular complexity index is 3440. The van der Waals surface area contributed by atoms with Gasteiger partial charge in [-0.1, -0.05) is 170 Å². The second-order valence-electron chi connectivity index (χ2n) is 15.7. The molecule has 264 valence electrons. The fraction of sp³-hybridized carbons (Fsp3) is 0.0175. The quantitative estimate of drug-likeness (QED) is 0.159. The minimum atomic E-state index is 0.941. The van der Waals surface area contributed by atoms with Crippen molar-refractivity contribution in [2.24, 2.45) is 0 Å². The van der Waals surface area contributed by atoms with E-state index in [1.165, 1.54) is 121 Å². The van der Waals surface area contributed by atoms with E-state index in [9.17, 15) is 0 Å². The third-order valence-electron chi connectivity index (χ3n) is 12.4. The molecule has 0 saturated heterocycles. The molecule has 0 amide bonds. The average molecular weight is 721 g/mol. The predicted octanol–water partition coefficient (Wildman–Crippen LogP) is 15.7. The van der Waals surface area contributed by atoms with Gasteiger partial charge in [0.1, 0.15) is 0 Å². The van der Waals surface area contributed by atoms with E-state index in [4.69, 9.17) is 0 Å². The topological polar surface area (TPSA) is 0 Å². The van der Waals surface area contributed by atoms with Gasteiger partial charge < -0.3 is 0 Å². The summed E-state index contributed by atoms with van der Waals surface area (Å²) in [6, 6.07) is 77.0. The smallest absolute Gasteiger partial charge is 0.00134 e. The summed E-state index contributed by atoms with van der Waals surface area (Å²) in [5, 5.41) is 12.8. The lowest BCUT2D eigenvalue weighted by molar-refractivity contribution is 1.21. The Hall–Kier alpha value is -7.28. The maximum Gasteiger partial charge on any atom is -0.00134 e. The molecule has 57 heavy (non-hydrogen) atoms. The van der Waals surface area contributed by atoms with Crippen LogP contribution in [0, 0.1) is 0 Å². The van der Waals surface area contributed by atoms with Gasteiger partial charge in [0.2, 0.25) is 0 Å². The van der Waals surface area contributed by atoms with Crippen LogP contribution in [0.2, 0.25) is 0 Å². The summed E-state index contributed by atoms with van der Waals surface area (Å²) in [6.07, 6.45) is 0.941. The molecule has 0 atom stereocenters. The van der Waals surface area contributed by atoms with Crippen LogP contribution < -0.4 is 0 Å². The highest BCUT2D eigenvalue weighted by atomic mass is 14.2. The van der Waals surface area contributed by atoms with Crippen molar-refractivity contribution in [3.63, 3.8) is 0 Å². The van der Waals surface area contributed by atoms with E-state index < -0.39 is 0 Å². The molecule has 0 N–H and O–H groups in total. The molecule has 12 rings (SSSR count). The maximum absolute atomic E-state index is 2.40. The first-order valence-electron chi connectivity index (χ1n) is 19.9. The van der Waals surface area contributed by atoms with Gasteiger partial charge in [0.25, 0.3) is 0 Å². The molecule has 11 aromatic carbocycles. The van der Waals surface area contributed by atoms with Crippen LogP contribution in [-0.2, 0) is 6.42 Å². The van der Waals surface area contributed by atoms with E-state index in [0.29, 0.717) is 0 Å². The molecule has 0 unspecified atom stereocenters. The van der Waals surface area contributed by atoms with Gasteiger partial charge in [0.15, 0.2) is 0 Å². The van der Waals surface area contributed by atoms with E-state index in [2.05, 4.69) is 206 Å². The van der Waals surface area contributed by atoms with Gasteiger partial charge in [0, 0.05) is 0 Å². The van der Waals surface area contributed by atoms with Gasteiger partial charge in [-0.25, -0.2) is 0 Å². The maximum atomic E-state index is 2.40. The molecule has 0 heteroatoms. The third-order valence-corrected chi connectivity index (χ3v) is 12.4. The number of fused-ring (bicyclic) bond motifs is 12. The van der Waals surface area contributed by atoms with Crippen LogP contribution in [-0.4, -0.2) is 0 Å². The zero-order chi connectivity index (χ0) is 37.5. The number of hydrogen-bond acceptors (Lipinski definition) is 0. The van der Waals surface area contributed by atoms with Crippen LogP contribution in [0.5, 0.6) is 0 Å².